The van der Waals surface area contributed by atoms with Gasteiger partial charge < -0.3 is 15.5 Å². The van der Waals surface area contributed by atoms with E-state index in [2.05, 4.69) is 16.8 Å². The molecule has 1 saturated heterocycles. The van der Waals surface area contributed by atoms with Crippen molar-refractivity contribution in [3.63, 3.8) is 0 Å². The molecule has 0 radical (unpaired) electrons. The standard InChI is InChI=1S/C12H16ClN3S/c1-15-4-6-16(7-5-15)9-2-3-10(12(14)17)11(13)8-9/h2-3,8H,4-7H2,1H3,(H2,14,17). The van der Waals surface area contributed by atoms with Crippen LogP contribution in [0.3, 0.4) is 0 Å². The number of piperazine rings is 1. The lowest BCUT2D eigenvalue weighted by atomic mass is 10.2. The molecule has 2 N–H and O–H groups in total. The van der Waals surface area contributed by atoms with Crippen molar-refractivity contribution < 1.29 is 0 Å². The Balaban J connectivity index is 2.17. The fourth-order valence-electron chi connectivity index (χ4n) is 1.97. The third-order valence-corrected chi connectivity index (χ3v) is 3.62. The highest BCUT2D eigenvalue weighted by molar-refractivity contribution is 7.80. The Hall–Kier alpha value is -0.840. The molecule has 17 heavy (non-hydrogen) atoms. The summed E-state index contributed by atoms with van der Waals surface area (Å²) in [5.41, 5.74) is 7.48. The molecule has 2 rings (SSSR count). The van der Waals surface area contributed by atoms with Crippen LogP contribution in [0.15, 0.2) is 18.2 Å². The molecule has 1 aromatic carbocycles. The van der Waals surface area contributed by atoms with Crippen LogP contribution in [0.5, 0.6) is 0 Å². The average molecular weight is 270 g/mol. The lowest BCUT2D eigenvalue weighted by Gasteiger charge is -2.34. The smallest absolute Gasteiger partial charge is 0.105 e. The summed E-state index contributed by atoms with van der Waals surface area (Å²) >= 11 is 11.1. The van der Waals surface area contributed by atoms with E-state index in [4.69, 9.17) is 29.6 Å². The molecule has 3 nitrogen and oxygen atoms in total. The zero-order valence-electron chi connectivity index (χ0n) is 9.82. The van der Waals surface area contributed by atoms with Crippen molar-refractivity contribution in [1.29, 1.82) is 0 Å². The van der Waals surface area contributed by atoms with Crippen molar-refractivity contribution in [3.05, 3.63) is 28.8 Å². The zero-order chi connectivity index (χ0) is 12.4. The van der Waals surface area contributed by atoms with Gasteiger partial charge in [0.25, 0.3) is 0 Å². The number of halogens is 1. The summed E-state index contributed by atoms with van der Waals surface area (Å²) in [6.07, 6.45) is 0. The maximum absolute atomic E-state index is 6.17. The predicted octanol–water partition coefficient (Wildman–Crippen LogP) is 1.73. The Morgan fingerprint density at radius 3 is 2.47 bits per heavy atom. The quantitative estimate of drug-likeness (QED) is 0.829. The van der Waals surface area contributed by atoms with Crippen LogP contribution in [0, 0.1) is 0 Å². The van der Waals surface area contributed by atoms with Crippen molar-refractivity contribution in [2.75, 3.05) is 38.1 Å². The van der Waals surface area contributed by atoms with Gasteiger partial charge in [-0.3, -0.25) is 0 Å². The van der Waals surface area contributed by atoms with Crippen molar-refractivity contribution in [3.8, 4) is 0 Å². The number of thiocarbonyl (C=S) groups is 1. The molecule has 0 amide bonds. The van der Waals surface area contributed by atoms with Crippen LogP contribution in [0.1, 0.15) is 5.56 Å². The van der Waals surface area contributed by atoms with E-state index < -0.39 is 0 Å². The zero-order valence-corrected chi connectivity index (χ0v) is 11.4. The Morgan fingerprint density at radius 1 is 1.29 bits per heavy atom. The molecule has 0 saturated carbocycles. The Morgan fingerprint density at radius 2 is 1.94 bits per heavy atom. The highest BCUT2D eigenvalue weighted by Crippen LogP contribution is 2.24. The molecule has 92 valence electrons. The highest BCUT2D eigenvalue weighted by Gasteiger charge is 2.15. The molecule has 0 aromatic heterocycles. The summed E-state index contributed by atoms with van der Waals surface area (Å²) in [6.45, 7) is 4.21. The van der Waals surface area contributed by atoms with Crippen LogP contribution < -0.4 is 10.6 Å². The molecular weight excluding hydrogens is 254 g/mol. The van der Waals surface area contributed by atoms with Crippen molar-refractivity contribution >= 4 is 34.5 Å². The van der Waals surface area contributed by atoms with Gasteiger partial charge in [0.15, 0.2) is 0 Å². The van der Waals surface area contributed by atoms with Crippen LogP contribution in [-0.4, -0.2) is 43.1 Å². The first-order valence-corrected chi connectivity index (χ1v) is 6.39. The largest absolute Gasteiger partial charge is 0.389 e. The van der Waals surface area contributed by atoms with Gasteiger partial charge in [-0.1, -0.05) is 23.8 Å². The molecule has 0 aliphatic carbocycles. The number of hydrogen-bond acceptors (Lipinski definition) is 3. The van der Waals surface area contributed by atoms with Crippen LogP contribution >= 0.6 is 23.8 Å². The monoisotopic (exact) mass is 269 g/mol. The van der Waals surface area contributed by atoms with Gasteiger partial charge in [0, 0.05) is 37.4 Å². The van der Waals surface area contributed by atoms with Gasteiger partial charge in [0.1, 0.15) is 4.99 Å². The Bertz CT molecular complexity index is 428. The first-order chi connectivity index (χ1) is 8.08. The normalized spacial score (nSPS) is 17.2. The minimum Gasteiger partial charge on any atom is -0.389 e. The second-order valence-corrected chi connectivity index (χ2v) is 5.17. The fraction of sp³-hybridized carbons (Fsp3) is 0.417. The summed E-state index contributed by atoms with van der Waals surface area (Å²) < 4.78 is 0. The van der Waals surface area contributed by atoms with E-state index in [1.165, 1.54) is 0 Å². The second-order valence-electron chi connectivity index (χ2n) is 4.32. The van der Waals surface area contributed by atoms with Crippen molar-refractivity contribution in [2.45, 2.75) is 0 Å². The molecule has 0 unspecified atom stereocenters. The molecule has 0 spiro atoms. The molecule has 1 fully saturated rings. The lowest BCUT2D eigenvalue weighted by molar-refractivity contribution is 0.313. The maximum Gasteiger partial charge on any atom is 0.105 e. The van der Waals surface area contributed by atoms with E-state index >= 15 is 0 Å². The average Bonchev–Trinajstić information content (AvgIpc) is 2.29. The summed E-state index contributed by atoms with van der Waals surface area (Å²) in [6, 6.07) is 5.88. The van der Waals surface area contributed by atoms with E-state index in [1.807, 2.05) is 18.2 Å². The van der Waals surface area contributed by atoms with Crippen LogP contribution in [0.25, 0.3) is 0 Å². The third kappa shape index (κ3) is 2.89. The summed E-state index contributed by atoms with van der Waals surface area (Å²) in [5.74, 6) is 0. The Kier molecular flexibility index (Phi) is 3.86. The number of hydrogen-bond donors (Lipinski definition) is 1. The van der Waals surface area contributed by atoms with Crippen LogP contribution in [-0.2, 0) is 0 Å². The van der Waals surface area contributed by atoms with E-state index in [0.29, 0.717) is 10.0 Å². The van der Waals surface area contributed by atoms with Gasteiger partial charge in [-0.2, -0.15) is 0 Å². The molecule has 1 aliphatic heterocycles. The molecule has 1 aliphatic rings. The summed E-state index contributed by atoms with van der Waals surface area (Å²) in [4.78, 5) is 5.00. The maximum atomic E-state index is 6.17. The van der Waals surface area contributed by atoms with Gasteiger partial charge in [0.2, 0.25) is 0 Å². The number of nitrogens with zero attached hydrogens (tertiary/aromatic N) is 2. The van der Waals surface area contributed by atoms with Gasteiger partial charge in [-0.25, -0.2) is 0 Å². The third-order valence-electron chi connectivity index (χ3n) is 3.09. The first kappa shape index (κ1) is 12.6. The molecule has 0 bridgehead atoms. The molecule has 1 heterocycles. The number of likely N-dealkylation sites (N-methyl/N-ethyl adjacent to an activating group) is 1. The van der Waals surface area contributed by atoms with Gasteiger partial charge in [-0.05, 0) is 25.2 Å². The van der Waals surface area contributed by atoms with Gasteiger partial charge >= 0.3 is 0 Å². The topological polar surface area (TPSA) is 32.5 Å². The fourth-order valence-corrected chi connectivity index (χ4v) is 2.48. The molecular formula is C12H16ClN3S. The predicted molar refractivity (Wildman–Crippen MR) is 77.0 cm³/mol. The van der Waals surface area contributed by atoms with E-state index in [0.717, 1.165) is 37.4 Å². The molecule has 1 aromatic rings. The van der Waals surface area contributed by atoms with Crippen molar-refractivity contribution in [2.24, 2.45) is 5.73 Å². The van der Waals surface area contributed by atoms with E-state index in [1.54, 1.807) is 0 Å². The van der Waals surface area contributed by atoms with Crippen molar-refractivity contribution in [1.82, 2.24) is 4.90 Å². The second kappa shape index (κ2) is 5.21. The highest BCUT2D eigenvalue weighted by atomic mass is 35.5. The van der Waals surface area contributed by atoms with E-state index in [9.17, 15) is 0 Å². The van der Waals surface area contributed by atoms with E-state index in [-0.39, 0.29) is 0 Å². The number of rotatable bonds is 2. The molecule has 5 heteroatoms. The molecule has 0 atom stereocenters. The lowest BCUT2D eigenvalue weighted by Crippen LogP contribution is -2.44. The summed E-state index contributed by atoms with van der Waals surface area (Å²) in [7, 11) is 2.14. The first-order valence-electron chi connectivity index (χ1n) is 5.61. The van der Waals surface area contributed by atoms with Gasteiger partial charge in [-0.15, -0.1) is 0 Å². The summed E-state index contributed by atoms with van der Waals surface area (Å²) in [5, 5.41) is 0.633. The minimum absolute atomic E-state index is 0.347. The van der Waals surface area contributed by atoms with Gasteiger partial charge in [0.05, 0.1) is 5.02 Å². The number of benzene rings is 1. The Labute approximate surface area is 112 Å². The number of anilines is 1. The van der Waals surface area contributed by atoms with Crippen LogP contribution in [0.2, 0.25) is 5.02 Å². The number of nitrogens with two attached hydrogens (primary N) is 1. The van der Waals surface area contributed by atoms with Crippen LogP contribution in [0.4, 0.5) is 5.69 Å². The minimum atomic E-state index is 0.347. The SMILES string of the molecule is CN1CCN(c2ccc(C(N)=S)c(Cl)c2)CC1.